The van der Waals surface area contributed by atoms with Crippen LogP contribution < -0.4 is 10.6 Å². The van der Waals surface area contributed by atoms with E-state index in [1.165, 1.54) is 0 Å². The molecule has 1 aromatic heterocycles. The molecular weight excluding hydrogens is 270 g/mol. The molecule has 2 rings (SSSR count). The van der Waals surface area contributed by atoms with E-state index in [1.807, 2.05) is 6.92 Å². The van der Waals surface area contributed by atoms with Crippen LogP contribution in [0.25, 0.3) is 0 Å². The first-order chi connectivity index (χ1) is 10.1. The van der Waals surface area contributed by atoms with E-state index in [2.05, 4.69) is 10.00 Å². The number of aromatic nitrogens is 2. The zero-order valence-corrected chi connectivity index (χ0v) is 12.9. The standard InChI is InChI=1S/C14H25N5O2/c1-3-5-12-13(19(20)21)14(17(2)16-12)18-9-4-6-11(10-18)7-8-15/h11H,3-10,15H2,1-2H3. The van der Waals surface area contributed by atoms with Crippen molar-refractivity contribution in [3.63, 3.8) is 0 Å². The zero-order chi connectivity index (χ0) is 15.4. The van der Waals surface area contributed by atoms with Gasteiger partial charge in [-0.1, -0.05) is 13.3 Å². The number of nitrogens with zero attached hydrogens (tertiary/aromatic N) is 4. The van der Waals surface area contributed by atoms with Crippen molar-refractivity contribution in [2.45, 2.75) is 39.0 Å². The van der Waals surface area contributed by atoms with E-state index in [-0.39, 0.29) is 10.6 Å². The highest BCUT2D eigenvalue weighted by Crippen LogP contribution is 2.35. The normalized spacial score (nSPS) is 19.0. The summed E-state index contributed by atoms with van der Waals surface area (Å²) in [6.07, 6.45) is 4.68. The van der Waals surface area contributed by atoms with Crippen molar-refractivity contribution in [1.29, 1.82) is 0 Å². The molecule has 7 nitrogen and oxygen atoms in total. The summed E-state index contributed by atoms with van der Waals surface area (Å²) in [5, 5.41) is 15.9. The molecule has 1 aliphatic rings. The van der Waals surface area contributed by atoms with E-state index in [0.717, 1.165) is 38.8 Å². The molecule has 0 aliphatic carbocycles. The van der Waals surface area contributed by atoms with Gasteiger partial charge in [-0.25, -0.2) is 4.68 Å². The number of aryl methyl sites for hydroxylation is 2. The van der Waals surface area contributed by atoms with Crippen LogP contribution in [0.2, 0.25) is 0 Å². The lowest BCUT2D eigenvalue weighted by Crippen LogP contribution is -2.37. The van der Waals surface area contributed by atoms with Gasteiger partial charge in [-0.05, 0) is 38.1 Å². The zero-order valence-electron chi connectivity index (χ0n) is 12.9. The third-order valence-corrected chi connectivity index (χ3v) is 4.13. The summed E-state index contributed by atoms with van der Waals surface area (Å²) in [5.41, 5.74) is 6.44. The molecule has 1 aliphatic heterocycles. The molecule has 21 heavy (non-hydrogen) atoms. The van der Waals surface area contributed by atoms with Gasteiger partial charge in [0.05, 0.1) is 4.92 Å². The van der Waals surface area contributed by atoms with Gasteiger partial charge in [0.2, 0.25) is 5.82 Å². The van der Waals surface area contributed by atoms with Crippen LogP contribution in [0.5, 0.6) is 0 Å². The van der Waals surface area contributed by atoms with Crippen molar-refractivity contribution in [2.24, 2.45) is 18.7 Å². The number of anilines is 1. The molecule has 2 N–H and O–H groups in total. The Morgan fingerprint density at radius 3 is 2.90 bits per heavy atom. The van der Waals surface area contributed by atoms with Crippen LogP contribution in [0.15, 0.2) is 0 Å². The largest absolute Gasteiger partial charge is 0.351 e. The van der Waals surface area contributed by atoms with Crippen LogP contribution in [0.1, 0.15) is 38.3 Å². The lowest BCUT2D eigenvalue weighted by atomic mass is 9.95. The monoisotopic (exact) mass is 295 g/mol. The van der Waals surface area contributed by atoms with Gasteiger partial charge in [0.15, 0.2) is 0 Å². The summed E-state index contributed by atoms with van der Waals surface area (Å²) in [5.74, 6) is 1.18. The van der Waals surface area contributed by atoms with Crippen molar-refractivity contribution in [3.8, 4) is 0 Å². The second-order valence-corrected chi connectivity index (χ2v) is 5.78. The summed E-state index contributed by atoms with van der Waals surface area (Å²) >= 11 is 0. The van der Waals surface area contributed by atoms with Gasteiger partial charge in [-0.15, -0.1) is 0 Å². The summed E-state index contributed by atoms with van der Waals surface area (Å²) in [7, 11) is 1.80. The summed E-state index contributed by atoms with van der Waals surface area (Å²) in [6, 6.07) is 0. The first kappa shape index (κ1) is 15.8. The molecule has 1 atom stereocenters. The Kier molecular flexibility index (Phi) is 5.17. The van der Waals surface area contributed by atoms with Crippen molar-refractivity contribution >= 4 is 11.5 Å². The third-order valence-electron chi connectivity index (χ3n) is 4.13. The lowest BCUT2D eigenvalue weighted by Gasteiger charge is -2.33. The van der Waals surface area contributed by atoms with Crippen LogP contribution >= 0.6 is 0 Å². The highest BCUT2D eigenvalue weighted by atomic mass is 16.6. The van der Waals surface area contributed by atoms with E-state index in [4.69, 9.17) is 5.73 Å². The number of rotatable bonds is 6. The average molecular weight is 295 g/mol. The number of piperidine rings is 1. The van der Waals surface area contributed by atoms with Gasteiger partial charge in [-0.3, -0.25) is 10.1 Å². The van der Waals surface area contributed by atoms with E-state index in [0.29, 0.717) is 30.4 Å². The maximum Gasteiger partial charge on any atom is 0.334 e. The Morgan fingerprint density at radius 1 is 1.52 bits per heavy atom. The van der Waals surface area contributed by atoms with Crippen LogP contribution in [-0.2, 0) is 13.5 Å². The Balaban J connectivity index is 2.31. The Bertz CT molecular complexity index is 498. The fourth-order valence-corrected chi connectivity index (χ4v) is 3.23. The minimum Gasteiger partial charge on any atom is -0.351 e. The summed E-state index contributed by atoms with van der Waals surface area (Å²) < 4.78 is 1.67. The third kappa shape index (κ3) is 3.34. The molecule has 0 amide bonds. The second kappa shape index (κ2) is 6.89. The molecule has 0 radical (unpaired) electrons. The van der Waals surface area contributed by atoms with Crippen molar-refractivity contribution < 1.29 is 4.92 Å². The Hall–Kier alpha value is -1.63. The topological polar surface area (TPSA) is 90.2 Å². The fourth-order valence-electron chi connectivity index (χ4n) is 3.23. The Morgan fingerprint density at radius 2 is 2.29 bits per heavy atom. The van der Waals surface area contributed by atoms with Crippen molar-refractivity contribution in [3.05, 3.63) is 15.8 Å². The molecule has 1 saturated heterocycles. The van der Waals surface area contributed by atoms with E-state index >= 15 is 0 Å². The molecule has 0 spiro atoms. The van der Waals surface area contributed by atoms with Gasteiger partial charge in [-0.2, -0.15) is 5.10 Å². The highest BCUT2D eigenvalue weighted by Gasteiger charge is 2.32. The maximum atomic E-state index is 11.5. The number of nitrogens with two attached hydrogens (primary N) is 1. The van der Waals surface area contributed by atoms with E-state index < -0.39 is 0 Å². The quantitative estimate of drug-likeness (QED) is 0.639. The molecule has 7 heteroatoms. The molecule has 1 aromatic rings. The first-order valence-electron chi connectivity index (χ1n) is 7.73. The SMILES string of the molecule is CCCc1nn(C)c(N2CCCC(CCN)C2)c1[N+](=O)[O-]. The Labute approximate surface area is 125 Å². The minimum atomic E-state index is -0.278. The predicted molar refractivity (Wildman–Crippen MR) is 82.5 cm³/mol. The average Bonchev–Trinajstić information content (AvgIpc) is 2.76. The van der Waals surface area contributed by atoms with Crippen molar-refractivity contribution in [1.82, 2.24) is 9.78 Å². The molecular formula is C14H25N5O2. The summed E-state index contributed by atoms with van der Waals surface area (Å²) in [4.78, 5) is 13.3. The smallest absolute Gasteiger partial charge is 0.334 e. The molecule has 1 fully saturated rings. The molecule has 0 saturated carbocycles. The van der Waals surface area contributed by atoms with E-state index in [9.17, 15) is 10.1 Å². The first-order valence-corrected chi connectivity index (χ1v) is 7.73. The highest BCUT2D eigenvalue weighted by molar-refractivity contribution is 5.62. The van der Waals surface area contributed by atoms with Gasteiger partial charge in [0.25, 0.3) is 0 Å². The fraction of sp³-hybridized carbons (Fsp3) is 0.786. The number of hydrogen-bond donors (Lipinski definition) is 1. The second-order valence-electron chi connectivity index (χ2n) is 5.78. The van der Waals surface area contributed by atoms with Crippen molar-refractivity contribution in [2.75, 3.05) is 24.5 Å². The number of hydrogen-bond acceptors (Lipinski definition) is 5. The predicted octanol–water partition coefficient (Wildman–Crippen LogP) is 1.85. The van der Waals surface area contributed by atoms with Gasteiger partial charge < -0.3 is 10.6 Å². The van der Waals surface area contributed by atoms with Crippen LogP contribution in [0, 0.1) is 16.0 Å². The molecule has 0 bridgehead atoms. The van der Waals surface area contributed by atoms with Crippen LogP contribution in [0.4, 0.5) is 11.5 Å². The van der Waals surface area contributed by atoms with Crippen LogP contribution in [-0.4, -0.2) is 34.3 Å². The molecule has 2 heterocycles. The summed E-state index contributed by atoms with van der Waals surface area (Å²) in [6.45, 7) is 4.37. The van der Waals surface area contributed by atoms with E-state index in [1.54, 1.807) is 11.7 Å². The number of nitro groups is 1. The van der Waals surface area contributed by atoms with Gasteiger partial charge >= 0.3 is 5.69 Å². The lowest BCUT2D eigenvalue weighted by molar-refractivity contribution is -0.384. The molecule has 0 aromatic carbocycles. The molecule has 1 unspecified atom stereocenters. The molecule has 118 valence electrons. The van der Waals surface area contributed by atoms with Crippen LogP contribution in [0.3, 0.4) is 0 Å². The maximum absolute atomic E-state index is 11.5. The van der Waals surface area contributed by atoms with Gasteiger partial charge in [0, 0.05) is 20.1 Å². The van der Waals surface area contributed by atoms with Gasteiger partial charge in [0.1, 0.15) is 5.69 Å². The minimum absolute atomic E-state index is 0.188.